The molecule has 2 aromatic rings. The number of hydrogen-bond donors (Lipinski definition) is 0. The Kier molecular flexibility index (Phi) is 6.18. The molecule has 2 aromatic carbocycles. The molecule has 1 fully saturated rings. The fourth-order valence-electron chi connectivity index (χ4n) is 3.70. The summed E-state index contributed by atoms with van der Waals surface area (Å²) in [5, 5.41) is 1.61. The molecular formula is C25H28ClN3OS. The zero-order valence-electron chi connectivity index (χ0n) is 18.5. The first kappa shape index (κ1) is 22.0. The van der Waals surface area contributed by atoms with Crippen LogP contribution < -0.4 is 4.90 Å². The molecular weight excluding hydrogens is 426 g/mol. The number of piperazine rings is 1. The number of halogens is 1. The number of amidine groups is 1. The lowest BCUT2D eigenvalue weighted by molar-refractivity contribution is -0.113. The molecule has 4 rings (SSSR count). The van der Waals surface area contributed by atoms with Crippen molar-refractivity contribution in [3.63, 3.8) is 0 Å². The molecule has 162 valence electrons. The molecule has 0 radical (unpaired) electrons. The summed E-state index contributed by atoms with van der Waals surface area (Å²) in [4.78, 5) is 22.0. The Morgan fingerprint density at radius 1 is 1.00 bits per heavy atom. The minimum atomic E-state index is -0.146. The SMILES string of the molecule is Cc1ccc(N2CCN(C3=NC(=O)/C(=C\c4ccc(C(C)(C)C)cc4)S3)CC2)cc1Cl. The van der Waals surface area contributed by atoms with Gasteiger partial charge in [0.05, 0.1) is 4.91 Å². The Balaban J connectivity index is 1.39. The number of benzene rings is 2. The Hall–Kier alpha value is -2.24. The lowest BCUT2D eigenvalue weighted by Gasteiger charge is -2.36. The summed E-state index contributed by atoms with van der Waals surface area (Å²) in [6, 6.07) is 14.6. The highest BCUT2D eigenvalue weighted by Crippen LogP contribution is 2.32. The van der Waals surface area contributed by atoms with Gasteiger partial charge in [-0.25, -0.2) is 0 Å². The Morgan fingerprint density at radius 3 is 2.26 bits per heavy atom. The molecule has 0 atom stereocenters. The maximum absolute atomic E-state index is 12.5. The van der Waals surface area contributed by atoms with Crippen LogP contribution in [0.5, 0.6) is 0 Å². The molecule has 0 unspecified atom stereocenters. The summed E-state index contributed by atoms with van der Waals surface area (Å²) < 4.78 is 0. The van der Waals surface area contributed by atoms with Gasteiger partial charge in [-0.3, -0.25) is 4.79 Å². The van der Waals surface area contributed by atoms with Crippen molar-refractivity contribution in [2.75, 3.05) is 31.1 Å². The van der Waals surface area contributed by atoms with E-state index in [1.807, 2.05) is 19.1 Å². The van der Waals surface area contributed by atoms with Crippen LogP contribution in [0.4, 0.5) is 5.69 Å². The number of amides is 1. The smallest absolute Gasteiger partial charge is 0.286 e. The van der Waals surface area contributed by atoms with Crippen LogP contribution in [0.2, 0.25) is 5.02 Å². The van der Waals surface area contributed by atoms with Crippen LogP contribution in [0.15, 0.2) is 52.4 Å². The number of carbonyl (C=O) groups excluding carboxylic acids is 1. The summed E-state index contributed by atoms with van der Waals surface area (Å²) in [6.45, 7) is 12.0. The predicted molar refractivity (Wildman–Crippen MR) is 133 cm³/mol. The van der Waals surface area contributed by atoms with E-state index < -0.39 is 0 Å². The second kappa shape index (κ2) is 8.71. The highest BCUT2D eigenvalue weighted by atomic mass is 35.5. The minimum Gasteiger partial charge on any atom is -0.368 e. The molecule has 2 aliphatic heterocycles. The van der Waals surface area contributed by atoms with E-state index in [1.54, 1.807) is 0 Å². The van der Waals surface area contributed by atoms with Crippen molar-refractivity contribution in [1.29, 1.82) is 0 Å². The third-order valence-electron chi connectivity index (χ3n) is 5.75. The van der Waals surface area contributed by atoms with E-state index in [-0.39, 0.29) is 11.3 Å². The van der Waals surface area contributed by atoms with Gasteiger partial charge in [0.15, 0.2) is 5.17 Å². The van der Waals surface area contributed by atoms with Gasteiger partial charge in [0.25, 0.3) is 5.91 Å². The maximum Gasteiger partial charge on any atom is 0.286 e. The van der Waals surface area contributed by atoms with Crippen molar-refractivity contribution < 1.29 is 4.79 Å². The molecule has 4 nitrogen and oxygen atoms in total. The number of anilines is 1. The van der Waals surface area contributed by atoms with Crippen molar-refractivity contribution in [1.82, 2.24) is 4.90 Å². The molecule has 0 bridgehead atoms. The van der Waals surface area contributed by atoms with E-state index in [0.717, 1.165) is 53.2 Å². The second-order valence-corrected chi connectivity index (χ2v) is 10.5. The van der Waals surface area contributed by atoms with Crippen molar-refractivity contribution >= 4 is 46.2 Å². The van der Waals surface area contributed by atoms with E-state index in [0.29, 0.717) is 4.91 Å². The average molecular weight is 454 g/mol. The normalized spacial score (nSPS) is 18.7. The second-order valence-electron chi connectivity index (χ2n) is 9.09. The Bertz CT molecular complexity index is 1050. The first-order valence-corrected chi connectivity index (χ1v) is 11.8. The summed E-state index contributed by atoms with van der Waals surface area (Å²) >= 11 is 7.77. The molecule has 2 heterocycles. The Labute approximate surface area is 194 Å². The number of aliphatic imine (C=N–C) groups is 1. The van der Waals surface area contributed by atoms with Crippen molar-refractivity contribution in [2.45, 2.75) is 33.1 Å². The summed E-state index contributed by atoms with van der Waals surface area (Å²) in [5.74, 6) is -0.146. The molecule has 1 saturated heterocycles. The highest BCUT2D eigenvalue weighted by Gasteiger charge is 2.28. The molecule has 0 aliphatic carbocycles. The third kappa shape index (κ3) is 4.99. The fraction of sp³-hybridized carbons (Fsp3) is 0.360. The van der Waals surface area contributed by atoms with Gasteiger partial charge >= 0.3 is 0 Å². The van der Waals surface area contributed by atoms with Gasteiger partial charge in [0, 0.05) is 36.9 Å². The predicted octanol–water partition coefficient (Wildman–Crippen LogP) is 5.74. The van der Waals surface area contributed by atoms with Crippen molar-refractivity contribution in [2.24, 2.45) is 4.99 Å². The van der Waals surface area contributed by atoms with Crippen LogP contribution in [-0.2, 0) is 10.2 Å². The van der Waals surface area contributed by atoms with E-state index in [4.69, 9.17) is 11.6 Å². The lowest BCUT2D eigenvalue weighted by Crippen LogP contribution is -2.47. The van der Waals surface area contributed by atoms with Crippen molar-refractivity contribution in [3.8, 4) is 0 Å². The van der Waals surface area contributed by atoms with Gasteiger partial charge in [0.2, 0.25) is 0 Å². The topological polar surface area (TPSA) is 35.9 Å². The van der Waals surface area contributed by atoms with Gasteiger partial charge in [0.1, 0.15) is 0 Å². The maximum atomic E-state index is 12.5. The first-order valence-electron chi connectivity index (χ1n) is 10.6. The van der Waals surface area contributed by atoms with E-state index in [9.17, 15) is 4.79 Å². The quantitative estimate of drug-likeness (QED) is 0.543. The van der Waals surface area contributed by atoms with Gasteiger partial charge in [-0.2, -0.15) is 4.99 Å². The number of nitrogens with zero attached hydrogens (tertiary/aromatic N) is 3. The molecule has 0 N–H and O–H groups in total. The molecule has 1 amide bonds. The summed E-state index contributed by atoms with van der Waals surface area (Å²) in [5.41, 5.74) is 4.66. The molecule has 0 spiro atoms. The zero-order chi connectivity index (χ0) is 22.2. The zero-order valence-corrected chi connectivity index (χ0v) is 20.1. The van der Waals surface area contributed by atoms with Crippen LogP contribution in [0.3, 0.4) is 0 Å². The van der Waals surface area contributed by atoms with E-state index in [1.165, 1.54) is 17.3 Å². The van der Waals surface area contributed by atoms with Crippen LogP contribution in [-0.4, -0.2) is 42.2 Å². The number of hydrogen-bond acceptors (Lipinski definition) is 4. The Morgan fingerprint density at radius 2 is 1.65 bits per heavy atom. The van der Waals surface area contributed by atoms with Crippen LogP contribution in [0, 0.1) is 6.92 Å². The van der Waals surface area contributed by atoms with E-state index in [2.05, 4.69) is 72.0 Å². The largest absolute Gasteiger partial charge is 0.368 e. The van der Waals surface area contributed by atoms with Crippen LogP contribution >= 0.6 is 23.4 Å². The third-order valence-corrected chi connectivity index (χ3v) is 7.21. The van der Waals surface area contributed by atoms with Crippen molar-refractivity contribution in [3.05, 3.63) is 69.1 Å². The lowest BCUT2D eigenvalue weighted by atomic mass is 9.87. The molecule has 6 heteroatoms. The van der Waals surface area contributed by atoms with Gasteiger partial charge in [-0.1, -0.05) is 62.7 Å². The number of thioether (sulfide) groups is 1. The number of aryl methyl sites for hydroxylation is 1. The van der Waals surface area contributed by atoms with Gasteiger partial charge in [-0.05, 0) is 59.0 Å². The average Bonchev–Trinajstić information content (AvgIpc) is 3.10. The standard InChI is InChI=1S/C25H28ClN3OS/c1-17-5-10-20(16-21(17)26)28-11-13-29(14-12-28)24-27-23(30)22(31-24)15-18-6-8-19(9-7-18)25(2,3)4/h5-10,15-16H,11-14H2,1-4H3/b22-15+. The number of carbonyl (C=O) groups is 1. The minimum absolute atomic E-state index is 0.117. The molecule has 2 aliphatic rings. The molecule has 0 saturated carbocycles. The molecule has 31 heavy (non-hydrogen) atoms. The number of rotatable bonds is 2. The monoisotopic (exact) mass is 453 g/mol. The van der Waals surface area contributed by atoms with Gasteiger partial charge in [-0.15, -0.1) is 0 Å². The van der Waals surface area contributed by atoms with Crippen LogP contribution in [0.1, 0.15) is 37.5 Å². The molecule has 0 aromatic heterocycles. The summed E-state index contributed by atoms with van der Waals surface area (Å²) in [6.07, 6.45) is 1.94. The first-order chi connectivity index (χ1) is 14.7. The summed E-state index contributed by atoms with van der Waals surface area (Å²) in [7, 11) is 0. The fourth-order valence-corrected chi connectivity index (χ4v) is 4.84. The highest BCUT2D eigenvalue weighted by molar-refractivity contribution is 8.18. The van der Waals surface area contributed by atoms with Gasteiger partial charge < -0.3 is 9.80 Å². The van der Waals surface area contributed by atoms with E-state index >= 15 is 0 Å². The van der Waals surface area contributed by atoms with Crippen LogP contribution in [0.25, 0.3) is 6.08 Å².